The van der Waals surface area contributed by atoms with Gasteiger partial charge < -0.3 is 5.73 Å². The van der Waals surface area contributed by atoms with E-state index >= 15 is 0 Å². The van der Waals surface area contributed by atoms with E-state index in [1.165, 1.54) is 6.21 Å². The largest absolute Gasteiger partial charge is 0.322 e. The standard InChI is InChI=1S/C9H9Cl2N3O.ClH/c10-7-2-1-6(3-8(7)11)5-13-14-9(15)4-12;/h1-3,5H,4,12H2,(H,14,15);1H/b13-5+;. The van der Waals surface area contributed by atoms with Gasteiger partial charge in [0.25, 0.3) is 5.91 Å². The number of carbonyl (C=O) groups is 1. The number of amides is 1. The van der Waals surface area contributed by atoms with Crippen molar-refractivity contribution >= 4 is 47.7 Å². The maximum atomic E-state index is 10.7. The van der Waals surface area contributed by atoms with Crippen molar-refractivity contribution in [2.24, 2.45) is 10.8 Å². The fraction of sp³-hybridized carbons (Fsp3) is 0.111. The monoisotopic (exact) mass is 281 g/mol. The SMILES string of the molecule is Cl.NCC(=O)N/N=C/c1ccc(Cl)c(Cl)c1. The molecule has 0 radical (unpaired) electrons. The van der Waals surface area contributed by atoms with E-state index in [4.69, 9.17) is 28.9 Å². The van der Waals surface area contributed by atoms with Crippen molar-refractivity contribution in [2.75, 3.05) is 6.54 Å². The molecule has 0 aliphatic carbocycles. The van der Waals surface area contributed by atoms with Crippen LogP contribution in [0.15, 0.2) is 23.3 Å². The van der Waals surface area contributed by atoms with Gasteiger partial charge in [-0.25, -0.2) is 5.43 Å². The lowest BCUT2D eigenvalue weighted by atomic mass is 10.2. The van der Waals surface area contributed by atoms with Gasteiger partial charge in [-0.1, -0.05) is 29.3 Å². The zero-order chi connectivity index (χ0) is 11.3. The van der Waals surface area contributed by atoms with E-state index in [0.29, 0.717) is 10.0 Å². The minimum absolute atomic E-state index is 0. The van der Waals surface area contributed by atoms with Gasteiger partial charge in [-0.2, -0.15) is 5.10 Å². The molecule has 1 rings (SSSR count). The first-order valence-corrected chi connectivity index (χ1v) is 4.86. The van der Waals surface area contributed by atoms with Crippen LogP contribution in [-0.4, -0.2) is 18.7 Å². The van der Waals surface area contributed by atoms with Crippen LogP contribution in [-0.2, 0) is 4.79 Å². The third-order valence-electron chi connectivity index (χ3n) is 1.53. The Labute approximate surface area is 109 Å². The van der Waals surface area contributed by atoms with Crippen LogP contribution < -0.4 is 11.2 Å². The van der Waals surface area contributed by atoms with E-state index in [2.05, 4.69) is 10.5 Å². The third kappa shape index (κ3) is 4.81. The van der Waals surface area contributed by atoms with Crippen molar-refractivity contribution in [3.8, 4) is 0 Å². The van der Waals surface area contributed by atoms with Gasteiger partial charge in [0.05, 0.1) is 22.8 Å². The number of hydrogen-bond donors (Lipinski definition) is 2. The average Bonchev–Trinajstić information content (AvgIpc) is 2.23. The second-order valence-electron chi connectivity index (χ2n) is 2.67. The molecule has 0 bridgehead atoms. The van der Waals surface area contributed by atoms with E-state index in [0.717, 1.165) is 5.56 Å². The molecule has 3 N–H and O–H groups in total. The zero-order valence-electron chi connectivity index (χ0n) is 8.11. The predicted octanol–water partition coefficient (Wildman–Crippen LogP) is 1.82. The second-order valence-corrected chi connectivity index (χ2v) is 3.49. The molecule has 7 heteroatoms. The quantitative estimate of drug-likeness (QED) is 0.656. The van der Waals surface area contributed by atoms with Crippen LogP contribution in [0, 0.1) is 0 Å². The van der Waals surface area contributed by atoms with Gasteiger partial charge >= 0.3 is 0 Å². The van der Waals surface area contributed by atoms with Crippen molar-refractivity contribution in [3.05, 3.63) is 33.8 Å². The average molecular weight is 283 g/mol. The highest BCUT2D eigenvalue weighted by Gasteiger charge is 1.97. The van der Waals surface area contributed by atoms with Crippen molar-refractivity contribution in [1.29, 1.82) is 0 Å². The minimum atomic E-state index is -0.355. The van der Waals surface area contributed by atoms with E-state index < -0.39 is 0 Å². The lowest BCUT2D eigenvalue weighted by Crippen LogP contribution is -2.26. The molecule has 0 saturated heterocycles. The van der Waals surface area contributed by atoms with Gasteiger partial charge in [0.2, 0.25) is 0 Å². The lowest BCUT2D eigenvalue weighted by molar-refractivity contribution is -0.119. The summed E-state index contributed by atoms with van der Waals surface area (Å²) in [6, 6.07) is 5.02. The Bertz CT molecular complexity index is 396. The summed E-state index contributed by atoms with van der Waals surface area (Å²) in [4.78, 5) is 10.7. The molecule has 88 valence electrons. The summed E-state index contributed by atoms with van der Waals surface area (Å²) in [5, 5.41) is 4.58. The van der Waals surface area contributed by atoms with Crippen LogP contribution in [0.25, 0.3) is 0 Å². The van der Waals surface area contributed by atoms with Gasteiger partial charge in [-0.05, 0) is 17.7 Å². The first kappa shape index (κ1) is 15.2. The molecule has 4 nitrogen and oxygen atoms in total. The molecule has 0 aromatic heterocycles. The molecule has 1 aromatic carbocycles. The first-order valence-electron chi connectivity index (χ1n) is 4.10. The molecule has 16 heavy (non-hydrogen) atoms. The van der Waals surface area contributed by atoms with Crippen LogP contribution in [0.3, 0.4) is 0 Å². The Morgan fingerprint density at radius 1 is 1.44 bits per heavy atom. The van der Waals surface area contributed by atoms with Crippen molar-refractivity contribution < 1.29 is 4.79 Å². The normalized spacial score (nSPS) is 9.94. The molecular formula is C9H10Cl3N3O. The van der Waals surface area contributed by atoms with Crippen molar-refractivity contribution in [3.63, 3.8) is 0 Å². The third-order valence-corrected chi connectivity index (χ3v) is 2.27. The number of nitrogens with two attached hydrogens (primary N) is 1. The highest BCUT2D eigenvalue weighted by Crippen LogP contribution is 2.21. The molecule has 0 heterocycles. The molecule has 0 spiro atoms. The summed E-state index contributed by atoms with van der Waals surface area (Å²) >= 11 is 11.5. The summed E-state index contributed by atoms with van der Waals surface area (Å²) in [6.45, 7) is -0.0985. The summed E-state index contributed by atoms with van der Waals surface area (Å²) in [6.07, 6.45) is 1.45. The summed E-state index contributed by atoms with van der Waals surface area (Å²) in [7, 11) is 0. The predicted molar refractivity (Wildman–Crippen MR) is 68.5 cm³/mol. The fourth-order valence-electron chi connectivity index (χ4n) is 0.817. The molecule has 1 amide bonds. The number of hydrazone groups is 1. The molecule has 0 saturated carbocycles. The molecule has 0 unspecified atom stereocenters. The number of carbonyl (C=O) groups excluding carboxylic acids is 1. The summed E-state index contributed by atoms with van der Waals surface area (Å²) in [5.74, 6) is -0.355. The van der Waals surface area contributed by atoms with Crippen LogP contribution in [0.5, 0.6) is 0 Å². The topological polar surface area (TPSA) is 67.5 Å². The second kappa shape index (κ2) is 7.46. The smallest absolute Gasteiger partial charge is 0.253 e. The van der Waals surface area contributed by atoms with E-state index in [-0.39, 0.29) is 24.9 Å². The fourth-order valence-corrected chi connectivity index (χ4v) is 1.12. The van der Waals surface area contributed by atoms with Gasteiger partial charge in [-0.3, -0.25) is 4.79 Å². The maximum Gasteiger partial charge on any atom is 0.253 e. The molecule has 0 aliphatic rings. The Hall–Kier alpha value is -0.810. The number of nitrogens with one attached hydrogen (secondary N) is 1. The van der Waals surface area contributed by atoms with Crippen LogP contribution in [0.4, 0.5) is 0 Å². The molecule has 0 aliphatic heterocycles. The van der Waals surface area contributed by atoms with Crippen LogP contribution in [0.1, 0.15) is 5.56 Å². The van der Waals surface area contributed by atoms with Crippen molar-refractivity contribution in [1.82, 2.24) is 5.43 Å². The molecule has 0 atom stereocenters. The number of hydrogen-bond acceptors (Lipinski definition) is 3. The van der Waals surface area contributed by atoms with Gasteiger partial charge in [-0.15, -0.1) is 12.4 Å². The highest BCUT2D eigenvalue weighted by atomic mass is 35.5. The van der Waals surface area contributed by atoms with Gasteiger partial charge in [0.15, 0.2) is 0 Å². The highest BCUT2D eigenvalue weighted by molar-refractivity contribution is 6.42. The Balaban J connectivity index is 0.00000225. The first-order chi connectivity index (χ1) is 7.13. The lowest BCUT2D eigenvalue weighted by Gasteiger charge is -1.97. The number of nitrogens with zero attached hydrogens (tertiary/aromatic N) is 1. The molecular weight excluding hydrogens is 272 g/mol. The van der Waals surface area contributed by atoms with Crippen LogP contribution in [0.2, 0.25) is 10.0 Å². The van der Waals surface area contributed by atoms with Crippen LogP contribution >= 0.6 is 35.6 Å². The Morgan fingerprint density at radius 3 is 2.69 bits per heavy atom. The number of benzene rings is 1. The Kier molecular flexibility index (Phi) is 7.08. The number of halogens is 3. The zero-order valence-corrected chi connectivity index (χ0v) is 10.4. The molecule has 1 aromatic rings. The van der Waals surface area contributed by atoms with Crippen molar-refractivity contribution in [2.45, 2.75) is 0 Å². The maximum absolute atomic E-state index is 10.7. The van der Waals surface area contributed by atoms with Gasteiger partial charge in [0.1, 0.15) is 0 Å². The summed E-state index contributed by atoms with van der Waals surface area (Å²) < 4.78 is 0. The van der Waals surface area contributed by atoms with E-state index in [9.17, 15) is 4.79 Å². The minimum Gasteiger partial charge on any atom is -0.322 e. The summed E-state index contributed by atoms with van der Waals surface area (Å²) in [5.41, 5.74) is 8.05. The van der Waals surface area contributed by atoms with E-state index in [1.807, 2.05) is 0 Å². The Morgan fingerprint density at radius 2 is 2.12 bits per heavy atom. The van der Waals surface area contributed by atoms with E-state index in [1.54, 1.807) is 18.2 Å². The molecule has 0 fully saturated rings. The number of rotatable bonds is 3. The van der Waals surface area contributed by atoms with Gasteiger partial charge in [0, 0.05) is 0 Å².